The van der Waals surface area contributed by atoms with Crippen molar-refractivity contribution in [3.8, 4) is 0 Å². The molecule has 1 aromatic rings. The normalized spacial score (nSPS) is 10.3. The lowest BCUT2D eigenvalue weighted by Crippen LogP contribution is -2.18. The fraction of sp³-hybridized carbons (Fsp3) is 0.200. The lowest BCUT2D eigenvalue weighted by molar-refractivity contribution is -0.123. The second-order valence-electron chi connectivity index (χ2n) is 2.82. The third-order valence-corrected chi connectivity index (χ3v) is 1.53. The van der Waals surface area contributed by atoms with Crippen LogP contribution in [0.5, 0.6) is 0 Å². The van der Waals surface area contributed by atoms with Crippen LogP contribution >= 0.6 is 0 Å². The summed E-state index contributed by atoms with van der Waals surface area (Å²) < 4.78 is 0. The van der Waals surface area contributed by atoms with Crippen LogP contribution in [0.15, 0.2) is 30.5 Å². The zero-order valence-electron chi connectivity index (χ0n) is 7.77. The molecule has 3 heteroatoms. The van der Waals surface area contributed by atoms with Crippen molar-refractivity contribution in [1.29, 1.82) is 0 Å². The van der Waals surface area contributed by atoms with Crippen molar-refractivity contribution in [2.75, 3.05) is 14.1 Å². The van der Waals surface area contributed by atoms with Gasteiger partial charge in [0.2, 0.25) is 5.91 Å². The van der Waals surface area contributed by atoms with Crippen molar-refractivity contribution in [3.05, 3.63) is 36.2 Å². The molecule has 0 aliphatic carbocycles. The van der Waals surface area contributed by atoms with Gasteiger partial charge in [0.25, 0.3) is 0 Å². The van der Waals surface area contributed by atoms with Crippen LogP contribution < -0.4 is 0 Å². The first-order valence-electron chi connectivity index (χ1n) is 4.00. The number of carbonyl (C=O) groups excluding carboxylic acids is 1. The molecule has 0 unspecified atom stereocenters. The minimum atomic E-state index is -0.0364. The van der Waals surface area contributed by atoms with E-state index in [9.17, 15) is 4.79 Å². The fourth-order valence-electron chi connectivity index (χ4n) is 0.780. The lowest BCUT2D eigenvalue weighted by atomic mass is 10.3. The second-order valence-corrected chi connectivity index (χ2v) is 2.82. The first-order chi connectivity index (χ1) is 6.20. The number of hydrogen-bond acceptors (Lipinski definition) is 2. The summed E-state index contributed by atoms with van der Waals surface area (Å²) in [6.45, 7) is 0. The third kappa shape index (κ3) is 3.07. The van der Waals surface area contributed by atoms with Gasteiger partial charge in [0.05, 0.1) is 5.69 Å². The fourth-order valence-corrected chi connectivity index (χ4v) is 0.780. The van der Waals surface area contributed by atoms with E-state index < -0.39 is 0 Å². The number of hydrogen-bond donors (Lipinski definition) is 0. The zero-order chi connectivity index (χ0) is 9.68. The van der Waals surface area contributed by atoms with Crippen molar-refractivity contribution < 1.29 is 4.79 Å². The summed E-state index contributed by atoms with van der Waals surface area (Å²) in [5.74, 6) is -0.0364. The third-order valence-electron chi connectivity index (χ3n) is 1.53. The maximum absolute atomic E-state index is 11.1. The van der Waals surface area contributed by atoms with Crippen LogP contribution in [0.1, 0.15) is 5.69 Å². The van der Waals surface area contributed by atoms with Crippen LogP contribution in [0, 0.1) is 0 Å². The van der Waals surface area contributed by atoms with Crippen LogP contribution in [0.25, 0.3) is 6.08 Å². The predicted molar refractivity (Wildman–Crippen MR) is 52.0 cm³/mol. The Hall–Kier alpha value is -1.64. The molecule has 1 heterocycles. The Morgan fingerprint density at radius 2 is 2.23 bits per heavy atom. The van der Waals surface area contributed by atoms with Gasteiger partial charge in [-0.15, -0.1) is 0 Å². The van der Waals surface area contributed by atoms with E-state index in [0.717, 1.165) is 5.69 Å². The maximum atomic E-state index is 11.1. The molecule has 0 bridgehead atoms. The monoisotopic (exact) mass is 176 g/mol. The van der Waals surface area contributed by atoms with Crippen LogP contribution in [-0.4, -0.2) is 29.9 Å². The number of carbonyl (C=O) groups is 1. The lowest BCUT2D eigenvalue weighted by Gasteiger charge is -2.04. The predicted octanol–water partition coefficient (Wildman–Crippen LogP) is 1.18. The number of aromatic nitrogens is 1. The number of likely N-dealkylation sites (N-methyl/N-ethyl adjacent to an activating group) is 1. The Labute approximate surface area is 77.7 Å². The average molecular weight is 176 g/mol. The Kier molecular flexibility index (Phi) is 3.20. The summed E-state index contributed by atoms with van der Waals surface area (Å²) in [6.07, 6.45) is 4.89. The molecule has 68 valence electrons. The van der Waals surface area contributed by atoms with E-state index in [1.807, 2.05) is 18.2 Å². The average Bonchev–Trinajstić information content (AvgIpc) is 2.15. The molecule has 0 saturated heterocycles. The molecule has 1 amide bonds. The Balaban J connectivity index is 2.64. The zero-order valence-corrected chi connectivity index (χ0v) is 7.77. The number of nitrogens with zero attached hydrogens (tertiary/aromatic N) is 2. The van der Waals surface area contributed by atoms with Gasteiger partial charge in [0.15, 0.2) is 0 Å². The smallest absolute Gasteiger partial charge is 0.246 e. The molecule has 0 atom stereocenters. The summed E-state index contributed by atoms with van der Waals surface area (Å²) >= 11 is 0. The van der Waals surface area contributed by atoms with Gasteiger partial charge < -0.3 is 4.90 Å². The molecule has 1 rings (SSSR count). The molecule has 0 saturated carbocycles. The highest BCUT2D eigenvalue weighted by Crippen LogP contribution is 1.96. The molecule has 3 nitrogen and oxygen atoms in total. The topological polar surface area (TPSA) is 33.2 Å². The Bertz CT molecular complexity index is 304. The molecule has 0 aromatic carbocycles. The van der Waals surface area contributed by atoms with Crippen molar-refractivity contribution in [1.82, 2.24) is 9.88 Å². The summed E-state index contributed by atoms with van der Waals surface area (Å²) in [6, 6.07) is 5.57. The SMILES string of the molecule is CN(C)C(=O)/C=C\c1ccccn1. The van der Waals surface area contributed by atoms with Crippen molar-refractivity contribution in [3.63, 3.8) is 0 Å². The summed E-state index contributed by atoms with van der Waals surface area (Å²) in [7, 11) is 3.43. The highest BCUT2D eigenvalue weighted by Gasteiger charge is 1.96. The van der Waals surface area contributed by atoms with E-state index >= 15 is 0 Å². The minimum absolute atomic E-state index is 0.0364. The van der Waals surface area contributed by atoms with E-state index in [0.29, 0.717) is 0 Å². The van der Waals surface area contributed by atoms with E-state index in [-0.39, 0.29) is 5.91 Å². The van der Waals surface area contributed by atoms with E-state index in [1.54, 1.807) is 26.4 Å². The van der Waals surface area contributed by atoms with Gasteiger partial charge >= 0.3 is 0 Å². The molecule has 1 aromatic heterocycles. The van der Waals surface area contributed by atoms with E-state index in [4.69, 9.17) is 0 Å². The Morgan fingerprint density at radius 3 is 2.77 bits per heavy atom. The summed E-state index contributed by atoms with van der Waals surface area (Å²) in [5, 5.41) is 0. The van der Waals surface area contributed by atoms with Gasteiger partial charge in [-0.3, -0.25) is 9.78 Å². The molecule has 0 fully saturated rings. The van der Waals surface area contributed by atoms with Gasteiger partial charge in [-0.05, 0) is 18.2 Å². The van der Waals surface area contributed by atoms with Crippen molar-refractivity contribution in [2.24, 2.45) is 0 Å². The molecule has 0 radical (unpaired) electrons. The molecule has 0 N–H and O–H groups in total. The Morgan fingerprint density at radius 1 is 1.46 bits per heavy atom. The molecular weight excluding hydrogens is 164 g/mol. The molecule has 0 aliphatic rings. The number of amides is 1. The van der Waals surface area contributed by atoms with Gasteiger partial charge in [-0.1, -0.05) is 6.07 Å². The quantitative estimate of drug-likeness (QED) is 0.634. The highest BCUT2D eigenvalue weighted by molar-refractivity contribution is 5.91. The molecule has 13 heavy (non-hydrogen) atoms. The van der Waals surface area contributed by atoms with Crippen LogP contribution in [0.3, 0.4) is 0 Å². The standard InChI is InChI=1S/C10H12N2O/c1-12(2)10(13)7-6-9-5-3-4-8-11-9/h3-8H,1-2H3/b7-6-. The highest BCUT2D eigenvalue weighted by atomic mass is 16.2. The minimum Gasteiger partial charge on any atom is -0.345 e. The van der Waals surface area contributed by atoms with Gasteiger partial charge in [0, 0.05) is 26.4 Å². The van der Waals surface area contributed by atoms with E-state index in [2.05, 4.69) is 4.98 Å². The summed E-state index contributed by atoms with van der Waals surface area (Å²) in [5.41, 5.74) is 0.790. The van der Waals surface area contributed by atoms with Gasteiger partial charge in [-0.2, -0.15) is 0 Å². The molecular formula is C10H12N2O. The number of pyridine rings is 1. The molecule has 0 aliphatic heterocycles. The maximum Gasteiger partial charge on any atom is 0.246 e. The largest absolute Gasteiger partial charge is 0.345 e. The van der Waals surface area contributed by atoms with Crippen LogP contribution in [-0.2, 0) is 4.79 Å². The van der Waals surface area contributed by atoms with Crippen molar-refractivity contribution in [2.45, 2.75) is 0 Å². The first-order valence-corrected chi connectivity index (χ1v) is 4.00. The molecule has 0 spiro atoms. The van der Waals surface area contributed by atoms with Crippen molar-refractivity contribution >= 4 is 12.0 Å². The first kappa shape index (κ1) is 9.45. The van der Waals surface area contributed by atoms with Crippen LogP contribution in [0.2, 0.25) is 0 Å². The van der Waals surface area contributed by atoms with Gasteiger partial charge in [-0.25, -0.2) is 0 Å². The van der Waals surface area contributed by atoms with Gasteiger partial charge in [0.1, 0.15) is 0 Å². The van der Waals surface area contributed by atoms with E-state index in [1.165, 1.54) is 11.0 Å². The number of rotatable bonds is 2. The second kappa shape index (κ2) is 4.40. The summed E-state index contributed by atoms with van der Waals surface area (Å²) in [4.78, 5) is 16.7. The van der Waals surface area contributed by atoms with Crippen LogP contribution in [0.4, 0.5) is 0 Å².